The number of carbonyl (C=O) groups is 1. The molecule has 110 valence electrons. The van der Waals surface area contributed by atoms with E-state index in [0.29, 0.717) is 6.07 Å². The average molecular weight is 299 g/mol. The second-order valence-electron chi connectivity index (χ2n) is 3.56. The highest BCUT2D eigenvalue weighted by atomic mass is 19.4. The fourth-order valence-electron chi connectivity index (χ4n) is 1.38. The summed E-state index contributed by atoms with van der Waals surface area (Å²) >= 11 is 0. The topological polar surface area (TPSA) is 69.4 Å². The molecule has 0 unspecified atom stereocenters. The molecular formula is C10H6F5NO4. The first-order valence-electron chi connectivity index (χ1n) is 4.89. The van der Waals surface area contributed by atoms with E-state index < -0.39 is 46.1 Å². The number of hydrogen-bond acceptors (Lipinski definition) is 4. The van der Waals surface area contributed by atoms with E-state index in [1.165, 1.54) is 0 Å². The maximum absolute atomic E-state index is 12.7. The summed E-state index contributed by atoms with van der Waals surface area (Å²) < 4.78 is 66.0. The summed E-state index contributed by atoms with van der Waals surface area (Å²) in [7, 11) is 0. The van der Waals surface area contributed by atoms with Crippen LogP contribution >= 0.6 is 0 Å². The molecule has 0 saturated carbocycles. The molecule has 0 amide bonds. The lowest BCUT2D eigenvalue weighted by Crippen LogP contribution is -2.14. The number of carbonyl (C=O) groups excluding carboxylic acids is 1. The molecule has 5 nitrogen and oxygen atoms in total. The van der Waals surface area contributed by atoms with Crippen LogP contribution in [0.15, 0.2) is 12.1 Å². The first-order valence-corrected chi connectivity index (χ1v) is 4.89. The van der Waals surface area contributed by atoms with Crippen LogP contribution < -0.4 is 4.74 Å². The van der Waals surface area contributed by atoms with Crippen molar-refractivity contribution in [3.05, 3.63) is 33.4 Å². The fraction of sp³-hybridized carbons (Fsp3) is 0.300. The number of ether oxygens (including phenoxy) is 1. The molecule has 0 aliphatic heterocycles. The van der Waals surface area contributed by atoms with E-state index in [0.717, 1.165) is 6.92 Å². The van der Waals surface area contributed by atoms with Crippen LogP contribution in [0.4, 0.5) is 27.6 Å². The largest absolute Gasteiger partial charge is 0.427 e. The Morgan fingerprint density at radius 3 is 2.25 bits per heavy atom. The van der Waals surface area contributed by atoms with Crippen molar-refractivity contribution in [2.45, 2.75) is 19.7 Å². The van der Waals surface area contributed by atoms with Crippen LogP contribution in [0.1, 0.15) is 22.8 Å². The van der Waals surface area contributed by atoms with Crippen LogP contribution in [0.5, 0.6) is 5.75 Å². The Morgan fingerprint density at radius 1 is 1.35 bits per heavy atom. The molecule has 0 bridgehead atoms. The van der Waals surface area contributed by atoms with Gasteiger partial charge in [-0.3, -0.25) is 14.9 Å². The summed E-state index contributed by atoms with van der Waals surface area (Å²) in [6.45, 7) is -2.80. The standard InChI is InChI=1S/C10H6F5NO4/c1-4(17)5-2-6(10(13,14)15)8(20-9(11)12)7(3-5)16(18)19/h2-3,9H,1H3. The molecule has 0 spiro atoms. The van der Waals surface area contributed by atoms with Gasteiger partial charge in [-0.05, 0) is 13.0 Å². The second-order valence-corrected chi connectivity index (χ2v) is 3.56. The van der Waals surface area contributed by atoms with Crippen molar-refractivity contribution in [2.24, 2.45) is 0 Å². The minimum atomic E-state index is -5.19. The van der Waals surface area contributed by atoms with Gasteiger partial charge in [-0.25, -0.2) is 0 Å². The van der Waals surface area contributed by atoms with Crippen molar-refractivity contribution in [1.29, 1.82) is 0 Å². The SMILES string of the molecule is CC(=O)c1cc([N+](=O)[O-])c(OC(F)F)c(C(F)(F)F)c1. The lowest BCUT2D eigenvalue weighted by Gasteiger charge is -2.14. The Balaban J connectivity index is 3.67. The summed E-state index contributed by atoms with van der Waals surface area (Å²) in [5, 5.41) is 10.7. The zero-order valence-corrected chi connectivity index (χ0v) is 9.70. The zero-order chi connectivity index (χ0) is 15.7. The van der Waals surface area contributed by atoms with E-state index in [9.17, 15) is 36.9 Å². The van der Waals surface area contributed by atoms with Crippen molar-refractivity contribution in [3.63, 3.8) is 0 Å². The van der Waals surface area contributed by atoms with Crippen LogP contribution in [0.3, 0.4) is 0 Å². The molecule has 0 N–H and O–H groups in total. The Hall–Kier alpha value is -2.26. The molecule has 1 aromatic carbocycles. The van der Waals surface area contributed by atoms with E-state index in [-0.39, 0.29) is 6.07 Å². The molecule has 0 saturated heterocycles. The molecule has 0 atom stereocenters. The monoisotopic (exact) mass is 299 g/mol. The van der Waals surface area contributed by atoms with Gasteiger partial charge in [0.2, 0.25) is 5.75 Å². The quantitative estimate of drug-likeness (QED) is 0.370. The average Bonchev–Trinajstić information content (AvgIpc) is 2.25. The second kappa shape index (κ2) is 5.39. The number of rotatable bonds is 4. The van der Waals surface area contributed by atoms with Crippen LogP contribution in [0.2, 0.25) is 0 Å². The van der Waals surface area contributed by atoms with Gasteiger partial charge in [0.25, 0.3) is 0 Å². The molecule has 10 heteroatoms. The number of halogens is 5. The van der Waals surface area contributed by atoms with Crippen LogP contribution in [-0.4, -0.2) is 17.3 Å². The Kier molecular flexibility index (Phi) is 4.26. The highest BCUT2D eigenvalue weighted by Gasteiger charge is 2.40. The van der Waals surface area contributed by atoms with Crippen molar-refractivity contribution >= 4 is 11.5 Å². The molecule has 1 rings (SSSR count). The Bertz CT molecular complexity index is 555. The highest BCUT2D eigenvalue weighted by molar-refractivity contribution is 5.95. The lowest BCUT2D eigenvalue weighted by molar-refractivity contribution is -0.386. The first kappa shape index (κ1) is 15.8. The Labute approximate surface area is 108 Å². The number of nitrogens with zero attached hydrogens (tertiary/aromatic N) is 1. The van der Waals surface area contributed by atoms with Crippen LogP contribution in [0, 0.1) is 10.1 Å². The summed E-state index contributed by atoms with van der Waals surface area (Å²) in [6.07, 6.45) is -5.19. The number of hydrogen-bond donors (Lipinski definition) is 0. The third kappa shape index (κ3) is 3.39. The predicted molar refractivity (Wildman–Crippen MR) is 54.7 cm³/mol. The fourth-order valence-corrected chi connectivity index (χ4v) is 1.38. The minimum absolute atomic E-state index is 0.229. The maximum atomic E-state index is 12.7. The molecule has 0 radical (unpaired) electrons. The van der Waals surface area contributed by atoms with Gasteiger partial charge in [-0.15, -0.1) is 0 Å². The number of benzene rings is 1. The van der Waals surface area contributed by atoms with Crippen molar-refractivity contribution in [1.82, 2.24) is 0 Å². The maximum Gasteiger partial charge on any atom is 0.420 e. The summed E-state index contributed by atoms with van der Waals surface area (Å²) in [6, 6.07) is 0.683. The van der Waals surface area contributed by atoms with Gasteiger partial charge >= 0.3 is 18.5 Å². The Morgan fingerprint density at radius 2 is 1.90 bits per heavy atom. The van der Waals surface area contributed by atoms with Gasteiger partial charge in [0.05, 0.1) is 4.92 Å². The predicted octanol–water partition coefficient (Wildman–Crippen LogP) is 3.42. The number of nitro groups is 1. The van der Waals surface area contributed by atoms with Crippen molar-refractivity contribution < 1.29 is 36.4 Å². The van der Waals surface area contributed by atoms with Gasteiger partial charge < -0.3 is 4.74 Å². The number of nitro benzene ring substituents is 1. The van der Waals surface area contributed by atoms with Crippen molar-refractivity contribution in [3.8, 4) is 5.75 Å². The first-order chi connectivity index (χ1) is 9.04. The van der Waals surface area contributed by atoms with Crippen LogP contribution in [-0.2, 0) is 6.18 Å². The van der Waals surface area contributed by atoms with Crippen LogP contribution in [0.25, 0.3) is 0 Å². The van der Waals surface area contributed by atoms with E-state index in [1.54, 1.807) is 0 Å². The van der Waals surface area contributed by atoms with Gasteiger partial charge in [-0.2, -0.15) is 22.0 Å². The molecule has 1 aromatic rings. The molecule has 0 aliphatic carbocycles. The van der Waals surface area contributed by atoms with Gasteiger partial charge in [0.15, 0.2) is 5.78 Å². The molecule has 0 heterocycles. The molecular weight excluding hydrogens is 293 g/mol. The minimum Gasteiger partial charge on any atom is -0.427 e. The van der Waals surface area contributed by atoms with E-state index in [4.69, 9.17) is 0 Å². The van der Waals surface area contributed by atoms with E-state index in [1.807, 2.05) is 0 Å². The third-order valence-electron chi connectivity index (χ3n) is 2.18. The number of alkyl halides is 5. The number of Topliss-reactive ketones (excluding diaryl/α,β-unsaturated/α-hetero) is 1. The molecule has 0 fully saturated rings. The van der Waals surface area contributed by atoms with E-state index in [2.05, 4.69) is 4.74 Å². The zero-order valence-electron chi connectivity index (χ0n) is 9.70. The van der Waals surface area contributed by atoms with Gasteiger partial charge in [0, 0.05) is 11.6 Å². The summed E-state index contributed by atoms with van der Waals surface area (Å²) in [4.78, 5) is 20.4. The van der Waals surface area contributed by atoms with E-state index >= 15 is 0 Å². The number of ketones is 1. The van der Waals surface area contributed by atoms with Gasteiger partial charge in [0.1, 0.15) is 5.56 Å². The van der Waals surface area contributed by atoms with Gasteiger partial charge in [-0.1, -0.05) is 0 Å². The molecule has 0 aromatic heterocycles. The summed E-state index contributed by atoms with van der Waals surface area (Å²) in [5.41, 5.74) is -3.80. The van der Waals surface area contributed by atoms with Crippen molar-refractivity contribution in [2.75, 3.05) is 0 Å². The third-order valence-corrected chi connectivity index (χ3v) is 2.18. The molecule has 0 aliphatic rings. The highest BCUT2D eigenvalue weighted by Crippen LogP contribution is 2.43. The summed E-state index contributed by atoms with van der Waals surface area (Å²) in [5.74, 6) is -2.51. The molecule has 20 heavy (non-hydrogen) atoms. The normalized spacial score (nSPS) is 11.6. The smallest absolute Gasteiger partial charge is 0.420 e. The lowest BCUT2D eigenvalue weighted by atomic mass is 10.0.